The van der Waals surface area contributed by atoms with Crippen LogP contribution in [0.4, 0.5) is 0 Å². The molecule has 0 amide bonds. The lowest BCUT2D eigenvalue weighted by atomic mass is 10.6. The third-order valence-corrected chi connectivity index (χ3v) is 4.28. The molecule has 1 N–H and O–H groups in total. The molecule has 16 heavy (non-hydrogen) atoms. The van der Waals surface area contributed by atoms with Crippen LogP contribution in [0.3, 0.4) is 0 Å². The van der Waals surface area contributed by atoms with Crippen LogP contribution in [-0.2, 0) is 13.6 Å². The van der Waals surface area contributed by atoms with E-state index in [1.807, 2.05) is 13.8 Å². The summed E-state index contributed by atoms with van der Waals surface area (Å²) in [7, 11) is -2.41. The molecule has 0 spiro atoms. The molecule has 98 valence electrons. The summed E-state index contributed by atoms with van der Waals surface area (Å²) >= 11 is 0. The summed E-state index contributed by atoms with van der Waals surface area (Å²) in [5, 5.41) is 0. The first-order valence-corrected chi connectivity index (χ1v) is 8.55. The van der Waals surface area contributed by atoms with Gasteiger partial charge in [0.05, 0.1) is 13.2 Å². The third kappa shape index (κ3) is 16.8. The molecule has 0 bridgehead atoms. The van der Waals surface area contributed by atoms with Gasteiger partial charge < -0.3 is 13.9 Å². The molecule has 0 aromatic rings. The molecule has 6 heteroatoms. The van der Waals surface area contributed by atoms with Crippen molar-refractivity contribution in [2.45, 2.75) is 40.5 Å². The van der Waals surface area contributed by atoms with Crippen molar-refractivity contribution in [2.24, 2.45) is 0 Å². The van der Waals surface area contributed by atoms with E-state index in [1.165, 1.54) is 0 Å². The molecule has 0 aliphatic rings. The highest BCUT2D eigenvalue weighted by Crippen LogP contribution is 2.31. The van der Waals surface area contributed by atoms with Crippen LogP contribution in [0.15, 0.2) is 0 Å². The molecule has 0 radical (unpaired) electrons. The smallest absolute Gasteiger partial charge is 0.328 e. The number of hydrogen-bond donors (Lipinski definition) is 1. The SMILES string of the molecule is CCC[P+](=O)CCC.CCOP(O)OCC. The summed E-state index contributed by atoms with van der Waals surface area (Å²) in [6.45, 7) is 8.77. The fourth-order valence-electron chi connectivity index (χ4n) is 0.869. The highest BCUT2D eigenvalue weighted by molar-refractivity contribution is 7.44. The molecule has 0 unspecified atom stereocenters. The molecule has 0 heterocycles. The quantitative estimate of drug-likeness (QED) is 0.680. The molecule has 0 aliphatic heterocycles. The van der Waals surface area contributed by atoms with Crippen molar-refractivity contribution >= 4 is 16.4 Å². The van der Waals surface area contributed by atoms with Crippen LogP contribution in [0.5, 0.6) is 0 Å². The van der Waals surface area contributed by atoms with E-state index < -0.39 is 16.4 Å². The molecule has 0 saturated carbocycles. The first kappa shape index (κ1) is 18.8. The van der Waals surface area contributed by atoms with Crippen LogP contribution in [-0.4, -0.2) is 30.4 Å². The second kappa shape index (κ2) is 15.4. The van der Waals surface area contributed by atoms with E-state index in [1.54, 1.807) is 0 Å². The molecule has 0 aliphatic carbocycles. The third-order valence-electron chi connectivity index (χ3n) is 1.43. The summed E-state index contributed by atoms with van der Waals surface area (Å²) in [6.07, 6.45) is 3.97. The topological polar surface area (TPSA) is 55.8 Å². The van der Waals surface area contributed by atoms with Gasteiger partial charge in [-0.2, -0.15) is 0 Å². The molecule has 0 fully saturated rings. The van der Waals surface area contributed by atoms with Gasteiger partial charge in [0.15, 0.2) is 0 Å². The molecule has 0 rings (SSSR count). The Kier molecular flexibility index (Phi) is 18.1. The second-order valence-electron chi connectivity index (χ2n) is 3.00. The normalized spacial score (nSPS) is 9.88. The van der Waals surface area contributed by atoms with Gasteiger partial charge in [-0.15, -0.1) is 0 Å². The van der Waals surface area contributed by atoms with Crippen LogP contribution in [0, 0.1) is 0 Å². The molecular weight excluding hydrogens is 246 g/mol. The lowest BCUT2D eigenvalue weighted by Gasteiger charge is -2.05. The van der Waals surface area contributed by atoms with E-state index in [0.29, 0.717) is 13.2 Å². The molecule has 0 aromatic heterocycles. The Balaban J connectivity index is 0. The monoisotopic (exact) mass is 271 g/mol. The van der Waals surface area contributed by atoms with E-state index in [2.05, 4.69) is 22.9 Å². The largest absolute Gasteiger partial charge is 0.338 e. The fraction of sp³-hybridized carbons (Fsp3) is 1.00. The van der Waals surface area contributed by atoms with Gasteiger partial charge >= 0.3 is 16.4 Å². The number of hydrogen-bond acceptors (Lipinski definition) is 4. The van der Waals surface area contributed by atoms with Crippen LogP contribution in [0.25, 0.3) is 0 Å². The van der Waals surface area contributed by atoms with Crippen molar-refractivity contribution in [3.05, 3.63) is 0 Å². The first-order valence-electron chi connectivity index (χ1n) is 5.79. The summed E-state index contributed by atoms with van der Waals surface area (Å²) in [4.78, 5) is 8.67. The Hall–Kier alpha value is 0.410. The van der Waals surface area contributed by atoms with Crippen molar-refractivity contribution < 1.29 is 18.5 Å². The summed E-state index contributed by atoms with van der Waals surface area (Å²) in [6, 6.07) is 0. The summed E-state index contributed by atoms with van der Waals surface area (Å²) in [5.74, 6) is 0. The highest BCUT2D eigenvalue weighted by Gasteiger charge is 2.09. The standard InChI is InChI=1S/C6H14OP.C4H11O3P/c1-3-5-8(7)6-4-2;1-3-6-8(5)7-4-2/h3-6H2,1-2H3;5H,3-4H2,1-2H3/q+1;. The minimum Gasteiger partial charge on any atom is -0.328 e. The summed E-state index contributed by atoms with van der Waals surface area (Å²) in [5.41, 5.74) is 0. The minimum atomic E-state index is -1.58. The summed E-state index contributed by atoms with van der Waals surface area (Å²) < 4.78 is 20.2. The Morgan fingerprint density at radius 3 is 1.62 bits per heavy atom. The predicted molar refractivity (Wildman–Crippen MR) is 70.3 cm³/mol. The van der Waals surface area contributed by atoms with Gasteiger partial charge in [0, 0.05) is 0 Å². The Bertz CT molecular complexity index is 142. The van der Waals surface area contributed by atoms with Crippen molar-refractivity contribution in [3.63, 3.8) is 0 Å². The van der Waals surface area contributed by atoms with Crippen LogP contribution < -0.4 is 0 Å². The number of rotatable bonds is 8. The van der Waals surface area contributed by atoms with Gasteiger partial charge in [-0.1, -0.05) is 18.4 Å². The second-order valence-corrected chi connectivity index (χ2v) is 5.85. The van der Waals surface area contributed by atoms with Gasteiger partial charge in [-0.05, 0) is 26.7 Å². The predicted octanol–water partition coefficient (Wildman–Crippen LogP) is 3.91. The molecule has 0 saturated heterocycles. The Morgan fingerprint density at radius 1 is 1.00 bits per heavy atom. The molecule has 4 nitrogen and oxygen atoms in total. The van der Waals surface area contributed by atoms with E-state index in [9.17, 15) is 4.57 Å². The molecule has 0 atom stereocenters. The van der Waals surface area contributed by atoms with Crippen LogP contribution in [0.1, 0.15) is 40.5 Å². The molecule has 0 aromatic carbocycles. The van der Waals surface area contributed by atoms with Gasteiger partial charge in [-0.25, -0.2) is 0 Å². The Morgan fingerprint density at radius 2 is 1.38 bits per heavy atom. The lowest BCUT2D eigenvalue weighted by Crippen LogP contribution is -1.87. The van der Waals surface area contributed by atoms with Crippen LogP contribution >= 0.6 is 16.4 Å². The maximum absolute atomic E-state index is 10.8. The van der Waals surface area contributed by atoms with Crippen molar-refractivity contribution in [2.75, 3.05) is 25.5 Å². The van der Waals surface area contributed by atoms with E-state index >= 15 is 0 Å². The minimum absolute atomic E-state index is 0.502. The average Bonchev–Trinajstić information content (AvgIpc) is 2.20. The maximum atomic E-state index is 10.8. The van der Waals surface area contributed by atoms with Gasteiger partial charge in [0.1, 0.15) is 12.3 Å². The van der Waals surface area contributed by atoms with Gasteiger partial charge in [-0.3, -0.25) is 0 Å². The first-order chi connectivity index (χ1) is 7.62. The van der Waals surface area contributed by atoms with Gasteiger partial charge in [0.25, 0.3) is 0 Å². The Labute approximate surface area is 102 Å². The van der Waals surface area contributed by atoms with Crippen molar-refractivity contribution in [3.8, 4) is 0 Å². The average molecular weight is 271 g/mol. The molecular formula is C10H25O4P2+. The van der Waals surface area contributed by atoms with Crippen molar-refractivity contribution in [1.82, 2.24) is 0 Å². The van der Waals surface area contributed by atoms with Gasteiger partial charge in [0.2, 0.25) is 0 Å². The maximum Gasteiger partial charge on any atom is 0.338 e. The lowest BCUT2D eigenvalue weighted by molar-refractivity contribution is 0.216. The van der Waals surface area contributed by atoms with E-state index in [-0.39, 0.29) is 0 Å². The zero-order chi connectivity index (χ0) is 12.8. The van der Waals surface area contributed by atoms with Crippen molar-refractivity contribution in [1.29, 1.82) is 0 Å². The van der Waals surface area contributed by atoms with Crippen LogP contribution in [0.2, 0.25) is 0 Å². The zero-order valence-electron chi connectivity index (χ0n) is 10.8. The van der Waals surface area contributed by atoms with E-state index in [0.717, 1.165) is 25.2 Å². The zero-order valence-corrected chi connectivity index (χ0v) is 12.6. The van der Waals surface area contributed by atoms with E-state index in [4.69, 9.17) is 4.89 Å². The fourth-order valence-corrected chi connectivity index (χ4v) is 2.61. The highest BCUT2D eigenvalue weighted by atomic mass is 31.2.